The monoisotopic (exact) mass is 242 g/mol. The average Bonchev–Trinajstić information content (AvgIpc) is 2.35. The van der Waals surface area contributed by atoms with E-state index in [9.17, 15) is 0 Å². The standard InChI is InChI=1S/C13H30N4/c1-2-6-14-10-12-16-8-4-5-9-17-13-11-15-7-3-1/h14-17H,1-13H2. The highest BCUT2D eigenvalue weighted by Gasteiger charge is 1.93. The first kappa shape index (κ1) is 14.9. The van der Waals surface area contributed by atoms with Gasteiger partial charge in [-0.2, -0.15) is 0 Å². The number of hydrogen-bond acceptors (Lipinski definition) is 4. The molecular formula is C13H30N4. The Labute approximate surface area is 106 Å². The summed E-state index contributed by atoms with van der Waals surface area (Å²) >= 11 is 0. The lowest BCUT2D eigenvalue weighted by Crippen LogP contribution is -2.29. The molecule has 0 spiro atoms. The van der Waals surface area contributed by atoms with E-state index in [0.29, 0.717) is 0 Å². The quantitative estimate of drug-likeness (QED) is 0.494. The molecule has 4 heteroatoms. The summed E-state index contributed by atoms with van der Waals surface area (Å²) in [7, 11) is 0. The van der Waals surface area contributed by atoms with E-state index in [-0.39, 0.29) is 0 Å². The molecule has 0 radical (unpaired) electrons. The fourth-order valence-corrected chi connectivity index (χ4v) is 2.03. The molecule has 17 heavy (non-hydrogen) atoms. The molecule has 0 saturated carbocycles. The molecule has 0 aromatic heterocycles. The van der Waals surface area contributed by atoms with Crippen molar-refractivity contribution in [2.24, 2.45) is 0 Å². The number of nitrogens with one attached hydrogen (secondary N) is 4. The van der Waals surface area contributed by atoms with Gasteiger partial charge in [0.2, 0.25) is 0 Å². The van der Waals surface area contributed by atoms with Crippen LogP contribution < -0.4 is 21.3 Å². The summed E-state index contributed by atoms with van der Waals surface area (Å²) in [6.45, 7) is 9.08. The van der Waals surface area contributed by atoms with Crippen molar-refractivity contribution in [1.29, 1.82) is 0 Å². The van der Waals surface area contributed by atoms with E-state index in [0.717, 1.165) is 39.3 Å². The summed E-state index contributed by atoms with van der Waals surface area (Å²) in [6.07, 6.45) is 6.50. The van der Waals surface area contributed by atoms with Crippen molar-refractivity contribution in [3.63, 3.8) is 0 Å². The molecule has 0 atom stereocenters. The zero-order valence-electron chi connectivity index (χ0n) is 11.2. The Morgan fingerprint density at radius 2 is 0.588 bits per heavy atom. The third-order valence-corrected chi connectivity index (χ3v) is 3.12. The summed E-state index contributed by atoms with van der Waals surface area (Å²) in [6, 6.07) is 0. The van der Waals surface area contributed by atoms with Gasteiger partial charge in [-0.15, -0.1) is 0 Å². The molecule has 0 amide bonds. The third kappa shape index (κ3) is 10.7. The molecule has 0 aromatic rings. The lowest BCUT2D eigenvalue weighted by atomic mass is 10.2. The molecule has 0 aliphatic carbocycles. The molecule has 1 fully saturated rings. The second-order valence-electron chi connectivity index (χ2n) is 4.77. The van der Waals surface area contributed by atoms with E-state index >= 15 is 0 Å². The minimum absolute atomic E-state index is 1.11. The Kier molecular flexibility index (Phi) is 10.8. The van der Waals surface area contributed by atoms with Crippen LogP contribution in [0.3, 0.4) is 0 Å². The summed E-state index contributed by atoms with van der Waals surface area (Å²) in [5.74, 6) is 0. The van der Waals surface area contributed by atoms with Gasteiger partial charge >= 0.3 is 0 Å². The minimum atomic E-state index is 1.11. The Balaban J connectivity index is 2.01. The molecule has 102 valence electrons. The maximum absolute atomic E-state index is 3.48. The van der Waals surface area contributed by atoms with E-state index in [1.54, 1.807) is 0 Å². The molecule has 1 aliphatic heterocycles. The predicted octanol–water partition coefficient (Wildman–Crippen LogP) is 0.309. The summed E-state index contributed by atoms with van der Waals surface area (Å²) in [5.41, 5.74) is 0. The minimum Gasteiger partial charge on any atom is -0.315 e. The van der Waals surface area contributed by atoms with Crippen LogP contribution in [0.5, 0.6) is 0 Å². The Morgan fingerprint density at radius 3 is 0.941 bits per heavy atom. The lowest BCUT2D eigenvalue weighted by molar-refractivity contribution is 0.558. The second-order valence-corrected chi connectivity index (χ2v) is 4.77. The van der Waals surface area contributed by atoms with Gasteiger partial charge in [0.05, 0.1) is 0 Å². The second kappa shape index (κ2) is 12.3. The zero-order chi connectivity index (χ0) is 12.0. The van der Waals surface area contributed by atoms with Crippen molar-refractivity contribution < 1.29 is 0 Å². The first-order chi connectivity index (χ1) is 8.50. The van der Waals surface area contributed by atoms with Gasteiger partial charge in [-0.3, -0.25) is 0 Å². The van der Waals surface area contributed by atoms with Gasteiger partial charge in [0.15, 0.2) is 0 Å². The van der Waals surface area contributed by atoms with E-state index in [2.05, 4.69) is 21.3 Å². The summed E-state index contributed by atoms with van der Waals surface area (Å²) in [4.78, 5) is 0. The van der Waals surface area contributed by atoms with Crippen LogP contribution in [0.25, 0.3) is 0 Å². The van der Waals surface area contributed by atoms with Crippen LogP contribution in [-0.4, -0.2) is 52.4 Å². The highest BCUT2D eigenvalue weighted by molar-refractivity contribution is 4.57. The maximum Gasteiger partial charge on any atom is 0.00767 e. The number of hydrogen-bond donors (Lipinski definition) is 4. The van der Waals surface area contributed by atoms with E-state index < -0.39 is 0 Å². The molecule has 1 heterocycles. The molecule has 0 bridgehead atoms. The Hall–Kier alpha value is -0.160. The highest BCUT2D eigenvalue weighted by Crippen LogP contribution is 1.92. The van der Waals surface area contributed by atoms with Gasteiger partial charge in [-0.1, -0.05) is 6.42 Å². The smallest absolute Gasteiger partial charge is 0.00767 e. The molecular weight excluding hydrogens is 212 g/mol. The topological polar surface area (TPSA) is 48.1 Å². The van der Waals surface area contributed by atoms with Gasteiger partial charge < -0.3 is 21.3 Å². The van der Waals surface area contributed by atoms with Gasteiger partial charge in [-0.05, 0) is 51.9 Å². The van der Waals surface area contributed by atoms with Gasteiger partial charge in [0.25, 0.3) is 0 Å². The van der Waals surface area contributed by atoms with Crippen LogP contribution >= 0.6 is 0 Å². The fourth-order valence-electron chi connectivity index (χ4n) is 2.03. The Bertz CT molecular complexity index is 82.9. The van der Waals surface area contributed by atoms with Crippen molar-refractivity contribution in [3.05, 3.63) is 0 Å². The third-order valence-electron chi connectivity index (χ3n) is 3.12. The highest BCUT2D eigenvalue weighted by atomic mass is 14.9. The fraction of sp³-hybridized carbons (Fsp3) is 1.00. The molecule has 1 saturated heterocycles. The van der Waals surface area contributed by atoms with Crippen molar-refractivity contribution in [1.82, 2.24) is 21.3 Å². The van der Waals surface area contributed by atoms with E-state index in [1.807, 2.05) is 0 Å². The average molecular weight is 242 g/mol. The van der Waals surface area contributed by atoms with Crippen LogP contribution in [0.2, 0.25) is 0 Å². The molecule has 4 N–H and O–H groups in total. The van der Waals surface area contributed by atoms with Gasteiger partial charge in [0, 0.05) is 26.2 Å². The molecule has 0 unspecified atom stereocenters. The van der Waals surface area contributed by atoms with Crippen LogP contribution in [0.15, 0.2) is 0 Å². The molecule has 4 nitrogen and oxygen atoms in total. The van der Waals surface area contributed by atoms with Crippen LogP contribution in [0.1, 0.15) is 32.1 Å². The normalized spacial score (nSPS) is 24.0. The Morgan fingerprint density at radius 1 is 0.294 bits per heavy atom. The lowest BCUT2D eigenvalue weighted by Gasteiger charge is -2.06. The predicted molar refractivity (Wildman–Crippen MR) is 74.6 cm³/mol. The number of rotatable bonds is 0. The first-order valence-corrected chi connectivity index (χ1v) is 7.33. The largest absolute Gasteiger partial charge is 0.315 e. The SMILES string of the molecule is C1CCNCCNCCCCNCCNCC1. The molecule has 0 aromatic carbocycles. The van der Waals surface area contributed by atoms with E-state index in [1.165, 1.54) is 45.2 Å². The first-order valence-electron chi connectivity index (χ1n) is 7.33. The van der Waals surface area contributed by atoms with Crippen molar-refractivity contribution in [2.45, 2.75) is 32.1 Å². The zero-order valence-corrected chi connectivity index (χ0v) is 11.2. The summed E-state index contributed by atoms with van der Waals surface area (Å²) < 4.78 is 0. The van der Waals surface area contributed by atoms with Crippen LogP contribution in [-0.2, 0) is 0 Å². The maximum atomic E-state index is 3.48. The van der Waals surface area contributed by atoms with Crippen molar-refractivity contribution >= 4 is 0 Å². The van der Waals surface area contributed by atoms with Crippen LogP contribution in [0, 0.1) is 0 Å². The van der Waals surface area contributed by atoms with Crippen molar-refractivity contribution in [3.8, 4) is 0 Å². The van der Waals surface area contributed by atoms with Gasteiger partial charge in [0.1, 0.15) is 0 Å². The van der Waals surface area contributed by atoms with Crippen LogP contribution in [0.4, 0.5) is 0 Å². The van der Waals surface area contributed by atoms with Gasteiger partial charge in [-0.25, -0.2) is 0 Å². The van der Waals surface area contributed by atoms with Crippen molar-refractivity contribution in [2.75, 3.05) is 52.4 Å². The summed E-state index contributed by atoms with van der Waals surface area (Å²) in [5, 5.41) is 13.9. The van der Waals surface area contributed by atoms with E-state index in [4.69, 9.17) is 0 Å². The molecule has 1 aliphatic rings. The molecule has 1 rings (SSSR count).